The molecule has 90 valence electrons. The van der Waals surface area contributed by atoms with Crippen molar-refractivity contribution >= 4 is 0 Å². The van der Waals surface area contributed by atoms with E-state index in [0.29, 0.717) is 11.3 Å². The maximum Gasteiger partial charge on any atom is 0.0677 e. The lowest BCUT2D eigenvalue weighted by Gasteiger charge is -2.32. The molecule has 1 atom stereocenters. The van der Waals surface area contributed by atoms with Crippen molar-refractivity contribution in [1.29, 1.82) is 0 Å². The van der Waals surface area contributed by atoms with Crippen molar-refractivity contribution in [3.05, 3.63) is 17.5 Å². The normalized spacial score (nSPS) is 23.5. The molecule has 1 aromatic rings. The summed E-state index contributed by atoms with van der Waals surface area (Å²) in [6.45, 7) is 9.96. The second-order valence-corrected chi connectivity index (χ2v) is 6.30. The van der Waals surface area contributed by atoms with Gasteiger partial charge in [-0.1, -0.05) is 27.7 Å². The highest BCUT2D eigenvalue weighted by Crippen LogP contribution is 2.38. The van der Waals surface area contributed by atoms with Gasteiger partial charge in [-0.05, 0) is 24.2 Å². The van der Waals surface area contributed by atoms with Gasteiger partial charge in [0.15, 0.2) is 0 Å². The molecule has 3 nitrogen and oxygen atoms in total. The van der Waals surface area contributed by atoms with Crippen LogP contribution >= 0.6 is 0 Å². The molecule has 0 radical (unpaired) electrons. The zero-order valence-electron chi connectivity index (χ0n) is 10.8. The van der Waals surface area contributed by atoms with E-state index in [4.69, 9.17) is 5.73 Å². The molecule has 0 fully saturated rings. The van der Waals surface area contributed by atoms with Crippen LogP contribution in [0.15, 0.2) is 6.20 Å². The molecule has 0 unspecified atom stereocenters. The minimum absolute atomic E-state index is 0.166. The molecule has 1 aliphatic rings. The van der Waals surface area contributed by atoms with Gasteiger partial charge in [0, 0.05) is 24.3 Å². The summed E-state index contributed by atoms with van der Waals surface area (Å²) in [6.07, 6.45) is 4.27. The van der Waals surface area contributed by atoms with Crippen LogP contribution in [-0.4, -0.2) is 9.78 Å². The van der Waals surface area contributed by atoms with Gasteiger partial charge < -0.3 is 5.73 Å². The number of rotatable bonds is 2. The summed E-state index contributed by atoms with van der Waals surface area (Å²) >= 11 is 0. The van der Waals surface area contributed by atoms with Gasteiger partial charge in [0.1, 0.15) is 0 Å². The Morgan fingerprint density at radius 2 is 2.25 bits per heavy atom. The third kappa shape index (κ3) is 2.29. The molecule has 0 aromatic carbocycles. The highest BCUT2D eigenvalue weighted by molar-refractivity contribution is 5.26. The zero-order valence-corrected chi connectivity index (χ0v) is 10.8. The van der Waals surface area contributed by atoms with E-state index < -0.39 is 0 Å². The molecule has 0 spiro atoms. The van der Waals surface area contributed by atoms with Crippen molar-refractivity contribution in [3.63, 3.8) is 0 Å². The van der Waals surface area contributed by atoms with Crippen LogP contribution in [0.25, 0.3) is 0 Å². The van der Waals surface area contributed by atoms with Gasteiger partial charge in [-0.25, -0.2) is 0 Å². The molecule has 1 aromatic heterocycles. The first-order valence-corrected chi connectivity index (χ1v) is 6.19. The summed E-state index contributed by atoms with van der Waals surface area (Å²) in [6, 6.07) is 0.166. The summed E-state index contributed by atoms with van der Waals surface area (Å²) in [4.78, 5) is 0. The van der Waals surface area contributed by atoms with E-state index in [1.54, 1.807) is 0 Å². The molecular weight excluding hydrogens is 198 g/mol. The number of hydrogen-bond acceptors (Lipinski definition) is 2. The second-order valence-electron chi connectivity index (χ2n) is 6.30. The fourth-order valence-electron chi connectivity index (χ4n) is 2.62. The molecule has 2 rings (SSSR count). The minimum atomic E-state index is 0.166. The Labute approximate surface area is 98.0 Å². The summed E-state index contributed by atoms with van der Waals surface area (Å²) in [7, 11) is 0. The van der Waals surface area contributed by atoms with E-state index in [2.05, 4.69) is 43.7 Å². The third-order valence-electron chi connectivity index (χ3n) is 3.24. The third-order valence-corrected chi connectivity index (χ3v) is 3.24. The van der Waals surface area contributed by atoms with Crippen LogP contribution in [0.1, 0.15) is 51.4 Å². The Bertz CT molecular complexity index is 377. The van der Waals surface area contributed by atoms with E-state index in [-0.39, 0.29) is 6.04 Å². The van der Waals surface area contributed by atoms with Crippen molar-refractivity contribution in [2.45, 2.75) is 53.1 Å². The predicted molar refractivity (Wildman–Crippen MR) is 66.1 cm³/mol. The van der Waals surface area contributed by atoms with Crippen LogP contribution in [0, 0.1) is 11.3 Å². The van der Waals surface area contributed by atoms with Gasteiger partial charge in [-0.3, -0.25) is 4.68 Å². The lowest BCUT2D eigenvalue weighted by Crippen LogP contribution is -2.29. The van der Waals surface area contributed by atoms with Crippen molar-refractivity contribution < 1.29 is 0 Å². The van der Waals surface area contributed by atoms with E-state index in [9.17, 15) is 0 Å². The van der Waals surface area contributed by atoms with E-state index in [0.717, 1.165) is 19.4 Å². The maximum absolute atomic E-state index is 6.21. The lowest BCUT2D eigenvalue weighted by atomic mass is 9.75. The fraction of sp³-hybridized carbons (Fsp3) is 0.769. The minimum Gasteiger partial charge on any atom is -0.324 e. The van der Waals surface area contributed by atoms with Gasteiger partial charge in [-0.2, -0.15) is 5.10 Å². The summed E-state index contributed by atoms with van der Waals surface area (Å²) < 4.78 is 2.07. The van der Waals surface area contributed by atoms with Crippen LogP contribution in [0.3, 0.4) is 0 Å². The molecule has 16 heavy (non-hydrogen) atoms. The number of nitrogens with two attached hydrogens (primary N) is 1. The van der Waals surface area contributed by atoms with Crippen LogP contribution in [0.4, 0.5) is 0 Å². The van der Waals surface area contributed by atoms with Gasteiger partial charge in [0.2, 0.25) is 0 Å². The largest absolute Gasteiger partial charge is 0.324 e. The number of nitrogens with zero attached hydrogens (tertiary/aromatic N) is 2. The first-order chi connectivity index (χ1) is 7.37. The molecule has 0 saturated carbocycles. The SMILES string of the molecule is CC(C)Cn1cc2c(n1)CC(C)(C)C[C@@H]2N. The van der Waals surface area contributed by atoms with Gasteiger partial charge in [-0.15, -0.1) is 0 Å². The number of aromatic nitrogens is 2. The number of fused-ring (bicyclic) bond motifs is 1. The van der Waals surface area contributed by atoms with Crippen molar-refractivity contribution in [1.82, 2.24) is 9.78 Å². The number of hydrogen-bond donors (Lipinski definition) is 1. The van der Waals surface area contributed by atoms with Gasteiger partial charge in [0.25, 0.3) is 0 Å². The first-order valence-electron chi connectivity index (χ1n) is 6.19. The molecule has 0 bridgehead atoms. The summed E-state index contributed by atoms with van der Waals surface area (Å²) in [5.74, 6) is 0.630. The average Bonchev–Trinajstić information content (AvgIpc) is 2.43. The van der Waals surface area contributed by atoms with E-state index in [1.807, 2.05) is 0 Å². The van der Waals surface area contributed by atoms with Crippen molar-refractivity contribution in [2.75, 3.05) is 0 Å². The predicted octanol–water partition coefficient (Wildman–Crippen LogP) is 2.51. The highest BCUT2D eigenvalue weighted by atomic mass is 15.3. The maximum atomic E-state index is 6.21. The Morgan fingerprint density at radius 1 is 1.56 bits per heavy atom. The van der Waals surface area contributed by atoms with Crippen LogP contribution in [0.5, 0.6) is 0 Å². The first kappa shape index (κ1) is 11.6. The zero-order chi connectivity index (χ0) is 11.9. The molecule has 2 N–H and O–H groups in total. The topological polar surface area (TPSA) is 43.8 Å². The standard InChI is InChI=1S/C13H23N3/c1-9(2)7-16-8-10-11(14)5-13(3,4)6-12(10)15-16/h8-9,11H,5-7,14H2,1-4H3/t11-/m0/s1. The Hall–Kier alpha value is -0.830. The Morgan fingerprint density at radius 3 is 2.88 bits per heavy atom. The molecule has 0 amide bonds. The molecule has 1 heterocycles. The second kappa shape index (κ2) is 3.88. The molecule has 3 heteroatoms. The van der Waals surface area contributed by atoms with Crippen LogP contribution in [0.2, 0.25) is 0 Å². The Balaban J connectivity index is 2.27. The van der Waals surface area contributed by atoms with Crippen LogP contribution < -0.4 is 5.73 Å². The Kier molecular flexibility index (Phi) is 2.82. The summed E-state index contributed by atoms with van der Waals surface area (Å²) in [5.41, 5.74) is 8.98. The van der Waals surface area contributed by atoms with E-state index in [1.165, 1.54) is 11.3 Å². The smallest absolute Gasteiger partial charge is 0.0677 e. The van der Waals surface area contributed by atoms with Gasteiger partial charge >= 0.3 is 0 Å². The average molecular weight is 221 g/mol. The van der Waals surface area contributed by atoms with Crippen molar-refractivity contribution in [3.8, 4) is 0 Å². The molecule has 0 saturated heterocycles. The van der Waals surface area contributed by atoms with Crippen molar-refractivity contribution in [2.24, 2.45) is 17.1 Å². The highest BCUT2D eigenvalue weighted by Gasteiger charge is 2.32. The molecule has 1 aliphatic carbocycles. The quantitative estimate of drug-likeness (QED) is 0.834. The molecule has 0 aliphatic heterocycles. The lowest BCUT2D eigenvalue weighted by molar-refractivity contribution is 0.280. The van der Waals surface area contributed by atoms with E-state index >= 15 is 0 Å². The summed E-state index contributed by atoms with van der Waals surface area (Å²) in [5, 5.41) is 4.67. The fourth-order valence-corrected chi connectivity index (χ4v) is 2.62. The molecular formula is C13H23N3. The van der Waals surface area contributed by atoms with Crippen LogP contribution in [-0.2, 0) is 13.0 Å². The monoisotopic (exact) mass is 221 g/mol. The van der Waals surface area contributed by atoms with Gasteiger partial charge in [0.05, 0.1) is 5.69 Å².